The molecule has 1 heterocycles. The van der Waals surface area contributed by atoms with E-state index in [1.165, 1.54) is 6.07 Å². The van der Waals surface area contributed by atoms with Crippen LogP contribution in [-0.4, -0.2) is 12.7 Å². The van der Waals surface area contributed by atoms with Crippen LogP contribution in [-0.2, 0) is 0 Å². The highest BCUT2D eigenvalue weighted by Crippen LogP contribution is 2.39. The fraction of sp³-hybridized carbons (Fsp3) is 0.0625. The lowest BCUT2D eigenvalue weighted by atomic mass is 10.1. The standard InChI is InChI=1S/C16H10ClNO3/c1-2-10-4-3-5-12(6-10)18-16(19)11-7-13(17)15-14(8-11)20-9-21-15/h1,3-8H,9H2,(H,18,19). The van der Waals surface area contributed by atoms with E-state index in [-0.39, 0.29) is 12.7 Å². The first kappa shape index (κ1) is 13.3. The molecule has 0 fully saturated rings. The Hall–Kier alpha value is -2.64. The van der Waals surface area contributed by atoms with Gasteiger partial charge in [0.2, 0.25) is 6.79 Å². The van der Waals surface area contributed by atoms with Crippen LogP contribution >= 0.6 is 11.6 Å². The van der Waals surface area contributed by atoms with Gasteiger partial charge >= 0.3 is 0 Å². The van der Waals surface area contributed by atoms with Crippen molar-refractivity contribution in [2.45, 2.75) is 0 Å². The highest BCUT2D eigenvalue weighted by atomic mass is 35.5. The Bertz CT molecular complexity index is 765. The van der Waals surface area contributed by atoms with Gasteiger partial charge in [0.25, 0.3) is 5.91 Å². The molecule has 2 aromatic carbocycles. The molecule has 0 aliphatic carbocycles. The summed E-state index contributed by atoms with van der Waals surface area (Å²) in [5.41, 5.74) is 1.69. The van der Waals surface area contributed by atoms with Gasteiger partial charge < -0.3 is 14.8 Å². The molecular weight excluding hydrogens is 290 g/mol. The van der Waals surface area contributed by atoms with E-state index in [2.05, 4.69) is 11.2 Å². The first-order valence-electron chi connectivity index (χ1n) is 6.14. The van der Waals surface area contributed by atoms with E-state index in [0.29, 0.717) is 33.3 Å². The van der Waals surface area contributed by atoms with Gasteiger partial charge in [0.15, 0.2) is 11.5 Å². The Labute approximate surface area is 126 Å². The second-order valence-corrected chi connectivity index (χ2v) is 4.78. The summed E-state index contributed by atoms with van der Waals surface area (Å²) in [4.78, 5) is 12.2. The highest BCUT2D eigenvalue weighted by Gasteiger charge is 2.20. The predicted molar refractivity (Wildman–Crippen MR) is 79.9 cm³/mol. The van der Waals surface area contributed by atoms with Crippen LogP contribution in [0.2, 0.25) is 5.02 Å². The Morgan fingerprint density at radius 1 is 1.29 bits per heavy atom. The van der Waals surface area contributed by atoms with Crippen LogP contribution in [0.4, 0.5) is 5.69 Å². The maximum absolute atomic E-state index is 12.2. The zero-order valence-corrected chi connectivity index (χ0v) is 11.6. The SMILES string of the molecule is C#Cc1cccc(NC(=O)c2cc(Cl)c3c(c2)OCO3)c1. The monoisotopic (exact) mass is 299 g/mol. The number of ether oxygens (including phenoxy) is 2. The Morgan fingerprint density at radius 2 is 2.14 bits per heavy atom. The molecule has 0 radical (unpaired) electrons. The quantitative estimate of drug-likeness (QED) is 0.866. The maximum atomic E-state index is 12.2. The van der Waals surface area contributed by atoms with Gasteiger partial charge in [-0.2, -0.15) is 0 Å². The van der Waals surface area contributed by atoms with Crippen molar-refractivity contribution < 1.29 is 14.3 Å². The number of fused-ring (bicyclic) bond motifs is 1. The number of benzene rings is 2. The summed E-state index contributed by atoms with van der Waals surface area (Å²) >= 11 is 6.06. The van der Waals surface area contributed by atoms with Crippen molar-refractivity contribution >= 4 is 23.2 Å². The van der Waals surface area contributed by atoms with Crippen molar-refractivity contribution in [3.63, 3.8) is 0 Å². The first-order valence-corrected chi connectivity index (χ1v) is 6.52. The maximum Gasteiger partial charge on any atom is 0.255 e. The molecule has 2 aromatic rings. The topological polar surface area (TPSA) is 47.6 Å². The first-order chi connectivity index (χ1) is 10.2. The smallest absolute Gasteiger partial charge is 0.255 e. The van der Waals surface area contributed by atoms with Crippen LogP contribution in [0.5, 0.6) is 11.5 Å². The largest absolute Gasteiger partial charge is 0.454 e. The van der Waals surface area contributed by atoms with E-state index < -0.39 is 0 Å². The molecule has 3 rings (SSSR count). The number of hydrogen-bond acceptors (Lipinski definition) is 3. The van der Waals surface area contributed by atoms with Gasteiger partial charge in [-0.3, -0.25) is 4.79 Å². The molecule has 4 nitrogen and oxygen atoms in total. The molecule has 21 heavy (non-hydrogen) atoms. The normalized spacial score (nSPS) is 11.8. The molecule has 1 aliphatic rings. The third kappa shape index (κ3) is 2.64. The number of carbonyl (C=O) groups is 1. The summed E-state index contributed by atoms with van der Waals surface area (Å²) in [7, 11) is 0. The Kier molecular flexibility index (Phi) is 3.43. The number of nitrogens with one attached hydrogen (secondary N) is 1. The lowest BCUT2D eigenvalue weighted by Gasteiger charge is -2.07. The fourth-order valence-corrected chi connectivity index (χ4v) is 2.25. The molecule has 0 bridgehead atoms. The molecule has 1 amide bonds. The van der Waals surface area contributed by atoms with E-state index in [0.717, 1.165) is 0 Å². The second-order valence-electron chi connectivity index (χ2n) is 4.37. The minimum atomic E-state index is -0.302. The molecule has 0 atom stereocenters. The van der Waals surface area contributed by atoms with Crippen molar-refractivity contribution in [2.75, 3.05) is 12.1 Å². The van der Waals surface area contributed by atoms with Gasteiger partial charge in [-0.25, -0.2) is 0 Å². The number of hydrogen-bond donors (Lipinski definition) is 1. The third-order valence-corrected chi connectivity index (χ3v) is 3.26. The van der Waals surface area contributed by atoms with Crippen molar-refractivity contribution in [2.24, 2.45) is 0 Å². The van der Waals surface area contributed by atoms with Gasteiger partial charge in [-0.15, -0.1) is 6.42 Å². The average molecular weight is 300 g/mol. The van der Waals surface area contributed by atoms with Crippen LogP contribution < -0.4 is 14.8 Å². The molecule has 0 spiro atoms. The summed E-state index contributed by atoms with van der Waals surface area (Å²) in [6.45, 7) is 0.102. The molecule has 0 saturated carbocycles. The summed E-state index contributed by atoms with van der Waals surface area (Å²) in [5, 5.41) is 3.10. The van der Waals surface area contributed by atoms with Crippen LogP contribution in [0.25, 0.3) is 0 Å². The van der Waals surface area contributed by atoms with E-state index in [1.807, 2.05) is 0 Å². The zero-order chi connectivity index (χ0) is 14.8. The van der Waals surface area contributed by atoms with Crippen LogP contribution in [0.15, 0.2) is 36.4 Å². The number of carbonyl (C=O) groups excluding carboxylic acids is 1. The van der Waals surface area contributed by atoms with Gasteiger partial charge in [0, 0.05) is 16.8 Å². The Balaban J connectivity index is 1.86. The number of amides is 1. The number of terminal acetylenes is 1. The molecule has 104 valence electrons. The second kappa shape index (κ2) is 5.39. The van der Waals surface area contributed by atoms with Crippen molar-refractivity contribution in [1.29, 1.82) is 0 Å². The van der Waals surface area contributed by atoms with Crippen LogP contribution in [0.3, 0.4) is 0 Å². The average Bonchev–Trinajstić information content (AvgIpc) is 2.96. The lowest BCUT2D eigenvalue weighted by Crippen LogP contribution is -2.12. The van der Waals surface area contributed by atoms with E-state index in [1.54, 1.807) is 30.3 Å². The molecule has 1 N–H and O–H groups in total. The number of rotatable bonds is 2. The molecular formula is C16H10ClNO3. The van der Waals surface area contributed by atoms with Crippen molar-refractivity contribution in [3.8, 4) is 23.8 Å². The molecule has 1 aliphatic heterocycles. The highest BCUT2D eigenvalue weighted by molar-refractivity contribution is 6.32. The van der Waals surface area contributed by atoms with Crippen molar-refractivity contribution in [1.82, 2.24) is 0 Å². The molecule has 0 saturated heterocycles. The summed E-state index contributed by atoms with van der Waals surface area (Å²) < 4.78 is 10.4. The van der Waals surface area contributed by atoms with Gasteiger partial charge in [-0.1, -0.05) is 23.6 Å². The van der Waals surface area contributed by atoms with E-state index in [9.17, 15) is 4.79 Å². The predicted octanol–water partition coefficient (Wildman–Crippen LogP) is 3.30. The number of halogens is 1. The van der Waals surface area contributed by atoms with Gasteiger partial charge in [0.1, 0.15) is 0 Å². The minimum absolute atomic E-state index is 0.102. The summed E-state index contributed by atoms with van der Waals surface area (Å²) in [5.74, 6) is 3.14. The zero-order valence-electron chi connectivity index (χ0n) is 10.9. The third-order valence-electron chi connectivity index (χ3n) is 2.98. The molecule has 0 unspecified atom stereocenters. The molecule has 0 aromatic heterocycles. The van der Waals surface area contributed by atoms with Crippen molar-refractivity contribution in [3.05, 3.63) is 52.5 Å². The van der Waals surface area contributed by atoms with Gasteiger partial charge in [0.05, 0.1) is 5.02 Å². The number of anilines is 1. The van der Waals surface area contributed by atoms with E-state index in [4.69, 9.17) is 27.5 Å². The molecule has 5 heteroatoms. The lowest BCUT2D eigenvalue weighted by molar-refractivity contribution is 0.102. The van der Waals surface area contributed by atoms with Crippen LogP contribution in [0.1, 0.15) is 15.9 Å². The van der Waals surface area contributed by atoms with Crippen LogP contribution in [0, 0.1) is 12.3 Å². The minimum Gasteiger partial charge on any atom is -0.454 e. The summed E-state index contributed by atoms with van der Waals surface area (Å²) in [6.07, 6.45) is 5.33. The Morgan fingerprint density at radius 3 is 2.95 bits per heavy atom. The summed E-state index contributed by atoms with van der Waals surface area (Å²) in [6, 6.07) is 10.2. The fourth-order valence-electron chi connectivity index (χ4n) is 1.99. The van der Waals surface area contributed by atoms with E-state index >= 15 is 0 Å². The van der Waals surface area contributed by atoms with Gasteiger partial charge in [-0.05, 0) is 30.3 Å².